The van der Waals surface area contributed by atoms with Gasteiger partial charge in [0.15, 0.2) is 5.78 Å². The Bertz CT molecular complexity index is 526. The average Bonchev–Trinajstić information content (AvgIpc) is 2.30. The molecule has 16 heavy (non-hydrogen) atoms. The number of halogens is 1. The van der Waals surface area contributed by atoms with E-state index in [-0.39, 0.29) is 5.78 Å². The molecule has 2 aromatic rings. The van der Waals surface area contributed by atoms with Crippen LogP contribution in [0.3, 0.4) is 0 Å². The highest BCUT2D eigenvalue weighted by Gasteiger charge is 2.09. The van der Waals surface area contributed by atoms with E-state index in [1.807, 2.05) is 0 Å². The lowest BCUT2D eigenvalue weighted by atomic mass is 10.1. The largest absolute Gasteiger partial charge is 0.295 e. The van der Waals surface area contributed by atoms with Crippen molar-refractivity contribution in [2.24, 2.45) is 0 Å². The molecule has 0 amide bonds. The van der Waals surface area contributed by atoms with Crippen LogP contribution in [0.5, 0.6) is 0 Å². The molecule has 0 bridgehead atoms. The average molecular weight is 216 g/mol. The molecular formula is C12H9FN2O. The van der Waals surface area contributed by atoms with Crippen LogP contribution in [0.25, 0.3) is 11.3 Å². The van der Waals surface area contributed by atoms with E-state index >= 15 is 0 Å². The Morgan fingerprint density at radius 3 is 2.75 bits per heavy atom. The van der Waals surface area contributed by atoms with E-state index in [2.05, 4.69) is 9.97 Å². The number of benzene rings is 1. The third-order valence-electron chi connectivity index (χ3n) is 2.21. The standard InChI is InChI=1S/C12H9FN2O/c1-8(16)9-2-3-11(13)10(6-9)12-7-14-4-5-15-12/h2-7H,1H3. The lowest BCUT2D eigenvalue weighted by Gasteiger charge is -2.03. The summed E-state index contributed by atoms with van der Waals surface area (Å²) >= 11 is 0. The first-order chi connectivity index (χ1) is 7.68. The third kappa shape index (κ3) is 1.95. The van der Waals surface area contributed by atoms with Crippen LogP contribution < -0.4 is 0 Å². The maximum Gasteiger partial charge on any atom is 0.159 e. The fourth-order valence-electron chi connectivity index (χ4n) is 1.38. The van der Waals surface area contributed by atoms with Crippen LogP contribution in [0.1, 0.15) is 17.3 Å². The summed E-state index contributed by atoms with van der Waals surface area (Å²) in [6.45, 7) is 1.44. The smallest absolute Gasteiger partial charge is 0.159 e. The number of Topliss-reactive ketones (excluding diaryl/α,β-unsaturated/α-hetero) is 1. The zero-order chi connectivity index (χ0) is 11.5. The highest BCUT2D eigenvalue weighted by molar-refractivity contribution is 5.95. The van der Waals surface area contributed by atoms with Crippen molar-refractivity contribution in [3.8, 4) is 11.3 Å². The molecule has 4 heteroatoms. The topological polar surface area (TPSA) is 42.9 Å². The molecule has 3 nitrogen and oxygen atoms in total. The molecule has 1 aromatic carbocycles. The Balaban J connectivity index is 2.56. The van der Waals surface area contributed by atoms with Crippen LogP contribution in [-0.4, -0.2) is 15.8 Å². The van der Waals surface area contributed by atoms with E-state index in [9.17, 15) is 9.18 Å². The van der Waals surface area contributed by atoms with E-state index < -0.39 is 5.82 Å². The molecule has 0 spiro atoms. The first kappa shape index (κ1) is 10.4. The van der Waals surface area contributed by atoms with E-state index in [0.717, 1.165) is 0 Å². The quantitative estimate of drug-likeness (QED) is 0.724. The van der Waals surface area contributed by atoms with Crippen molar-refractivity contribution in [1.82, 2.24) is 9.97 Å². The zero-order valence-corrected chi connectivity index (χ0v) is 8.64. The Morgan fingerprint density at radius 1 is 1.31 bits per heavy atom. The van der Waals surface area contributed by atoms with Crippen molar-refractivity contribution in [2.45, 2.75) is 6.92 Å². The van der Waals surface area contributed by atoms with Crippen molar-refractivity contribution >= 4 is 5.78 Å². The molecule has 0 fully saturated rings. The van der Waals surface area contributed by atoms with Crippen LogP contribution in [-0.2, 0) is 0 Å². The van der Waals surface area contributed by atoms with Gasteiger partial charge >= 0.3 is 0 Å². The molecular weight excluding hydrogens is 207 g/mol. The number of aromatic nitrogens is 2. The summed E-state index contributed by atoms with van der Waals surface area (Å²) < 4.78 is 13.5. The molecule has 0 unspecified atom stereocenters. The molecule has 80 valence electrons. The predicted molar refractivity (Wildman–Crippen MR) is 57.4 cm³/mol. The molecule has 1 heterocycles. The van der Waals surface area contributed by atoms with Crippen LogP contribution in [0.4, 0.5) is 4.39 Å². The number of nitrogens with zero attached hydrogens (tertiary/aromatic N) is 2. The van der Waals surface area contributed by atoms with Crippen molar-refractivity contribution in [3.63, 3.8) is 0 Å². The van der Waals surface area contributed by atoms with E-state index in [0.29, 0.717) is 16.8 Å². The molecule has 1 aromatic heterocycles. The summed E-state index contributed by atoms with van der Waals surface area (Å²) in [6, 6.07) is 4.21. The molecule has 0 aliphatic heterocycles. The third-order valence-corrected chi connectivity index (χ3v) is 2.21. The summed E-state index contributed by atoms with van der Waals surface area (Å²) in [6.07, 6.45) is 4.45. The SMILES string of the molecule is CC(=O)c1ccc(F)c(-c2cnccn2)c1. The van der Waals surface area contributed by atoms with Gasteiger partial charge in [-0.05, 0) is 25.1 Å². The van der Waals surface area contributed by atoms with Crippen LogP contribution >= 0.6 is 0 Å². The van der Waals surface area contributed by atoms with Crippen molar-refractivity contribution in [2.75, 3.05) is 0 Å². The monoisotopic (exact) mass is 216 g/mol. The predicted octanol–water partition coefficient (Wildman–Crippen LogP) is 2.49. The number of rotatable bonds is 2. The van der Waals surface area contributed by atoms with E-state index in [1.165, 1.54) is 43.7 Å². The van der Waals surface area contributed by atoms with Crippen LogP contribution in [0, 0.1) is 5.82 Å². The molecule has 0 saturated heterocycles. The van der Waals surface area contributed by atoms with Gasteiger partial charge in [0.1, 0.15) is 5.82 Å². The van der Waals surface area contributed by atoms with Gasteiger partial charge in [-0.3, -0.25) is 14.8 Å². The summed E-state index contributed by atoms with van der Waals surface area (Å²) in [4.78, 5) is 19.0. The van der Waals surface area contributed by atoms with E-state index in [4.69, 9.17) is 0 Å². The van der Waals surface area contributed by atoms with Gasteiger partial charge in [0, 0.05) is 23.5 Å². The number of hydrogen-bond donors (Lipinski definition) is 0. The lowest BCUT2D eigenvalue weighted by molar-refractivity contribution is 0.101. The van der Waals surface area contributed by atoms with Gasteiger partial charge < -0.3 is 0 Å². The van der Waals surface area contributed by atoms with Gasteiger partial charge in [0.05, 0.1) is 11.9 Å². The fourth-order valence-corrected chi connectivity index (χ4v) is 1.38. The molecule has 2 rings (SSSR count). The summed E-state index contributed by atoms with van der Waals surface area (Å²) in [5.74, 6) is -0.518. The molecule has 0 radical (unpaired) electrons. The molecule has 0 N–H and O–H groups in total. The van der Waals surface area contributed by atoms with Gasteiger partial charge in [-0.2, -0.15) is 0 Å². The second kappa shape index (κ2) is 4.18. The minimum atomic E-state index is -0.412. The highest BCUT2D eigenvalue weighted by atomic mass is 19.1. The molecule has 0 aliphatic rings. The second-order valence-corrected chi connectivity index (χ2v) is 3.34. The number of carbonyl (C=O) groups excluding carboxylic acids is 1. The molecule has 0 aliphatic carbocycles. The maximum absolute atomic E-state index is 13.5. The number of ketones is 1. The van der Waals surface area contributed by atoms with Gasteiger partial charge in [-0.15, -0.1) is 0 Å². The summed E-state index contributed by atoms with van der Waals surface area (Å²) in [7, 11) is 0. The fraction of sp³-hybridized carbons (Fsp3) is 0.0833. The first-order valence-electron chi connectivity index (χ1n) is 4.75. The van der Waals surface area contributed by atoms with Crippen LogP contribution in [0.2, 0.25) is 0 Å². The number of hydrogen-bond acceptors (Lipinski definition) is 3. The van der Waals surface area contributed by atoms with Gasteiger partial charge in [-0.1, -0.05) is 0 Å². The van der Waals surface area contributed by atoms with Crippen molar-refractivity contribution < 1.29 is 9.18 Å². The van der Waals surface area contributed by atoms with Crippen molar-refractivity contribution in [3.05, 3.63) is 48.2 Å². The molecule has 0 saturated carbocycles. The highest BCUT2D eigenvalue weighted by Crippen LogP contribution is 2.21. The molecule has 0 atom stereocenters. The lowest BCUT2D eigenvalue weighted by Crippen LogP contribution is -1.95. The Hall–Kier alpha value is -2.10. The Kier molecular flexibility index (Phi) is 2.72. The minimum absolute atomic E-state index is 0.106. The number of carbonyl (C=O) groups is 1. The summed E-state index contributed by atoms with van der Waals surface area (Å²) in [5.41, 5.74) is 1.17. The minimum Gasteiger partial charge on any atom is -0.295 e. The van der Waals surface area contributed by atoms with Crippen molar-refractivity contribution in [1.29, 1.82) is 0 Å². The Labute approximate surface area is 92.0 Å². The van der Waals surface area contributed by atoms with Gasteiger partial charge in [0.25, 0.3) is 0 Å². The van der Waals surface area contributed by atoms with Gasteiger partial charge in [0.2, 0.25) is 0 Å². The normalized spacial score (nSPS) is 10.1. The summed E-state index contributed by atoms with van der Waals surface area (Å²) in [5, 5.41) is 0. The Morgan fingerprint density at radius 2 is 2.12 bits per heavy atom. The van der Waals surface area contributed by atoms with E-state index in [1.54, 1.807) is 0 Å². The van der Waals surface area contributed by atoms with Gasteiger partial charge in [-0.25, -0.2) is 4.39 Å². The van der Waals surface area contributed by atoms with Crippen LogP contribution in [0.15, 0.2) is 36.8 Å². The second-order valence-electron chi connectivity index (χ2n) is 3.34. The zero-order valence-electron chi connectivity index (χ0n) is 8.64. The first-order valence-corrected chi connectivity index (χ1v) is 4.75. The maximum atomic E-state index is 13.5.